The van der Waals surface area contributed by atoms with Crippen LogP contribution in [-0.2, 0) is 4.74 Å². The molecule has 0 saturated heterocycles. The first-order valence-corrected chi connectivity index (χ1v) is 7.02. The van der Waals surface area contributed by atoms with Crippen LogP contribution in [0.4, 0.5) is 13.2 Å². The average Bonchev–Trinajstić information content (AvgIpc) is 2.78. The number of nitrogens with zero attached hydrogens (tertiary/aromatic N) is 1. The third-order valence-corrected chi connectivity index (χ3v) is 3.88. The predicted molar refractivity (Wildman–Crippen MR) is 73.3 cm³/mol. The molecule has 0 radical (unpaired) electrons. The van der Waals surface area contributed by atoms with E-state index in [0.29, 0.717) is 3.92 Å². The number of ether oxygens (including phenoxy) is 2. The molecular formula is C12H7BrF3NO3S. The van der Waals surface area contributed by atoms with Crippen molar-refractivity contribution in [2.24, 2.45) is 0 Å². The second-order valence-corrected chi connectivity index (χ2v) is 5.96. The molecule has 1 aromatic heterocycles. The second kappa shape index (κ2) is 6.02. The topological polar surface area (TPSA) is 48.4 Å². The third kappa shape index (κ3) is 3.73. The van der Waals surface area contributed by atoms with Gasteiger partial charge in [0.05, 0.1) is 12.0 Å². The maximum absolute atomic E-state index is 12.4. The zero-order chi connectivity index (χ0) is 15.6. The lowest BCUT2D eigenvalue weighted by molar-refractivity contribution is -0.274. The second-order valence-electron chi connectivity index (χ2n) is 3.68. The summed E-state index contributed by atoms with van der Waals surface area (Å²) in [6, 6.07) is 5.51. The van der Waals surface area contributed by atoms with Crippen molar-refractivity contribution in [3.63, 3.8) is 0 Å². The summed E-state index contributed by atoms with van der Waals surface area (Å²) in [7, 11) is 1.16. The highest BCUT2D eigenvalue weighted by Crippen LogP contribution is 2.40. The fourth-order valence-electron chi connectivity index (χ4n) is 1.58. The smallest absolute Gasteiger partial charge is 0.464 e. The van der Waals surface area contributed by atoms with Gasteiger partial charge in [-0.1, -0.05) is 12.1 Å². The Hall–Kier alpha value is -1.61. The molecule has 0 amide bonds. The van der Waals surface area contributed by atoms with Crippen molar-refractivity contribution in [1.29, 1.82) is 0 Å². The monoisotopic (exact) mass is 381 g/mol. The van der Waals surface area contributed by atoms with Crippen LogP contribution in [0.2, 0.25) is 0 Å². The molecule has 0 fully saturated rings. The van der Waals surface area contributed by atoms with Gasteiger partial charge in [-0.25, -0.2) is 9.78 Å². The molecule has 2 rings (SSSR count). The zero-order valence-electron chi connectivity index (χ0n) is 10.4. The van der Waals surface area contributed by atoms with E-state index in [1.54, 1.807) is 0 Å². The summed E-state index contributed by atoms with van der Waals surface area (Å²) in [6.07, 6.45) is -4.83. The fraction of sp³-hybridized carbons (Fsp3) is 0.167. The van der Waals surface area contributed by atoms with Crippen molar-refractivity contribution >= 4 is 33.2 Å². The minimum absolute atomic E-state index is 0.0763. The molecule has 0 aliphatic heterocycles. The molecule has 0 aliphatic carbocycles. The molecule has 1 heterocycles. The van der Waals surface area contributed by atoms with Gasteiger partial charge in [0, 0.05) is 5.56 Å². The number of benzene rings is 1. The van der Waals surface area contributed by atoms with Gasteiger partial charge in [-0.15, -0.1) is 24.5 Å². The van der Waals surface area contributed by atoms with Crippen LogP contribution in [-0.4, -0.2) is 24.4 Å². The summed E-state index contributed by atoms with van der Waals surface area (Å²) >= 11 is 4.11. The molecular weight excluding hydrogens is 375 g/mol. The third-order valence-electron chi connectivity index (χ3n) is 2.34. The van der Waals surface area contributed by atoms with Crippen molar-refractivity contribution in [3.8, 4) is 16.2 Å². The van der Waals surface area contributed by atoms with Crippen molar-refractivity contribution in [3.05, 3.63) is 33.9 Å². The SMILES string of the molecule is COC(=O)c1nc(Br)sc1-c1ccccc1OC(F)(F)F. The van der Waals surface area contributed by atoms with E-state index in [1.807, 2.05) is 0 Å². The Kier molecular flexibility index (Phi) is 4.52. The first-order valence-electron chi connectivity index (χ1n) is 5.41. The van der Waals surface area contributed by atoms with E-state index in [1.165, 1.54) is 18.2 Å². The van der Waals surface area contributed by atoms with Gasteiger partial charge in [-0.05, 0) is 28.1 Å². The summed E-state index contributed by atoms with van der Waals surface area (Å²) in [5.41, 5.74) is 0.0334. The Morgan fingerprint density at radius 2 is 2.00 bits per heavy atom. The molecule has 9 heteroatoms. The van der Waals surface area contributed by atoms with Crippen LogP contribution in [0.3, 0.4) is 0 Å². The summed E-state index contributed by atoms with van der Waals surface area (Å²) in [5.74, 6) is -1.15. The molecule has 4 nitrogen and oxygen atoms in total. The van der Waals surface area contributed by atoms with Gasteiger partial charge in [0.2, 0.25) is 0 Å². The number of para-hydroxylation sites is 1. The molecule has 0 atom stereocenters. The number of thiazole rings is 1. The van der Waals surface area contributed by atoms with Crippen molar-refractivity contribution in [2.45, 2.75) is 6.36 Å². The van der Waals surface area contributed by atoms with Gasteiger partial charge in [0.25, 0.3) is 0 Å². The molecule has 0 bridgehead atoms. The molecule has 1 aromatic carbocycles. The summed E-state index contributed by atoms with van der Waals surface area (Å²) in [6.45, 7) is 0. The van der Waals surface area contributed by atoms with Crippen LogP contribution in [0.25, 0.3) is 10.4 Å². The van der Waals surface area contributed by atoms with E-state index >= 15 is 0 Å². The van der Waals surface area contributed by atoms with Gasteiger partial charge in [-0.2, -0.15) is 0 Å². The Balaban J connectivity index is 2.55. The molecule has 0 unspecified atom stereocenters. The van der Waals surface area contributed by atoms with Crippen molar-refractivity contribution in [2.75, 3.05) is 7.11 Å². The number of halogens is 4. The minimum atomic E-state index is -4.83. The van der Waals surface area contributed by atoms with E-state index in [2.05, 4.69) is 30.4 Å². The van der Waals surface area contributed by atoms with E-state index in [-0.39, 0.29) is 16.1 Å². The normalized spacial score (nSPS) is 11.3. The number of hydrogen-bond donors (Lipinski definition) is 0. The first-order chi connectivity index (χ1) is 9.81. The van der Waals surface area contributed by atoms with Gasteiger partial charge in [-0.3, -0.25) is 0 Å². The zero-order valence-corrected chi connectivity index (χ0v) is 12.8. The van der Waals surface area contributed by atoms with Crippen LogP contribution in [0, 0.1) is 0 Å². The largest absolute Gasteiger partial charge is 0.573 e. The number of aromatic nitrogens is 1. The van der Waals surface area contributed by atoms with Gasteiger partial charge in [0.15, 0.2) is 9.61 Å². The molecule has 0 N–H and O–H groups in total. The molecule has 0 spiro atoms. The van der Waals surface area contributed by atoms with Crippen LogP contribution in [0.1, 0.15) is 10.5 Å². The molecule has 112 valence electrons. The Morgan fingerprint density at radius 3 is 2.62 bits per heavy atom. The highest BCUT2D eigenvalue weighted by atomic mass is 79.9. The lowest BCUT2D eigenvalue weighted by Gasteiger charge is -2.12. The Labute approximate surface area is 129 Å². The summed E-state index contributed by atoms with van der Waals surface area (Å²) < 4.78 is 46.2. The lowest BCUT2D eigenvalue weighted by Crippen LogP contribution is -2.17. The Morgan fingerprint density at radius 1 is 1.33 bits per heavy atom. The number of methoxy groups -OCH3 is 1. The number of esters is 1. The number of carbonyl (C=O) groups excluding carboxylic acids is 1. The van der Waals surface area contributed by atoms with Gasteiger partial charge >= 0.3 is 12.3 Å². The average molecular weight is 382 g/mol. The fourth-order valence-corrected chi connectivity index (χ4v) is 3.05. The van der Waals surface area contributed by atoms with E-state index in [4.69, 9.17) is 0 Å². The lowest BCUT2D eigenvalue weighted by atomic mass is 10.1. The van der Waals surface area contributed by atoms with E-state index in [9.17, 15) is 18.0 Å². The quantitative estimate of drug-likeness (QED) is 0.745. The van der Waals surface area contributed by atoms with E-state index in [0.717, 1.165) is 24.5 Å². The first kappa shape index (κ1) is 15.8. The molecule has 0 saturated carbocycles. The minimum Gasteiger partial charge on any atom is -0.464 e. The van der Waals surface area contributed by atoms with Crippen molar-refractivity contribution < 1.29 is 27.4 Å². The van der Waals surface area contributed by atoms with Gasteiger partial charge in [0.1, 0.15) is 5.75 Å². The molecule has 2 aromatic rings. The van der Waals surface area contributed by atoms with Crippen LogP contribution >= 0.6 is 27.3 Å². The van der Waals surface area contributed by atoms with Crippen molar-refractivity contribution in [1.82, 2.24) is 4.98 Å². The van der Waals surface area contributed by atoms with Crippen LogP contribution < -0.4 is 4.74 Å². The number of carbonyl (C=O) groups is 1. The molecule has 0 aliphatic rings. The van der Waals surface area contributed by atoms with E-state index < -0.39 is 18.1 Å². The Bertz CT molecular complexity index is 672. The maximum atomic E-state index is 12.4. The maximum Gasteiger partial charge on any atom is 0.573 e. The number of rotatable bonds is 3. The van der Waals surface area contributed by atoms with Crippen LogP contribution in [0.15, 0.2) is 28.2 Å². The highest BCUT2D eigenvalue weighted by Gasteiger charge is 2.33. The summed E-state index contributed by atoms with van der Waals surface area (Å²) in [4.78, 5) is 15.8. The van der Waals surface area contributed by atoms with Gasteiger partial charge < -0.3 is 9.47 Å². The molecule has 21 heavy (non-hydrogen) atoms. The number of alkyl halides is 3. The predicted octanol–water partition coefficient (Wildman–Crippen LogP) is 4.26. The number of hydrogen-bond acceptors (Lipinski definition) is 5. The highest BCUT2D eigenvalue weighted by molar-refractivity contribution is 9.11. The van der Waals surface area contributed by atoms with Crippen LogP contribution in [0.5, 0.6) is 5.75 Å². The standard InChI is InChI=1S/C12H7BrF3NO3S/c1-19-10(18)8-9(21-11(13)17-8)6-4-2-3-5-7(6)20-12(14,15)16/h2-5H,1H3. The summed E-state index contributed by atoms with van der Waals surface area (Å²) in [5, 5.41) is 0.